The molecule has 0 saturated heterocycles. The molecule has 4 rings (SSSR count). The first-order chi connectivity index (χ1) is 13.1. The first-order valence-corrected chi connectivity index (χ1v) is 9.09. The molecule has 1 N–H and O–H groups in total. The number of rotatable bonds is 2. The van der Waals surface area contributed by atoms with Crippen LogP contribution in [-0.4, -0.2) is 17.5 Å². The largest absolute Gasteiger partial charge is 0.322 e. The topological polar surface area (TPSA) is 32.3 Å². The number of nitrogens with one attached hydrogen (secondary N) is 1. The van der Waals surface area contributed by atoms with E-state index in [1.165, 1.54) is 17.7 Å². The molecule has 0 unspecified atom stereocenters. The van der Waals surface area contributed by atoms with Crippen LogP contribution in [0.15, 0.2) is 72.8 Å². The van der Waals surface area contributed by atoms with Crippen molar-refractivity contribution in [3.63, 3.8) is 0 Å². The Morgan fingerprint density at radius 2 is 1.81 bits per heavy atom. The molecule has 0 fully saturated rings. The van der Waals surface area contributed by atoms with E-state index in [0.29, 0.717) is 6.54 Å². The van der Waals surface area contributed by atoms with Crippen LogP contribution in [0.2, 0.25) is 0 Å². The molecule has 1 atom stereocenters. The van der Waals surface area contributed by atoms with Gasteiger partial charge >= 0.3 is 6.03 Å². The number of urea groups is 1. The Morgan fingerprint density at radius 1 is 1.04 bits per heavy atom. The lowest BCUT2D eigenvalue weighted by atomic mass is 9.88. The average Bonchev–Trinajstić information content (AvgIpc) is 2.68. The zero-order chi connectivity index (χ0) is 18.8. The number of fused-ring (bicyclic) bond motifs is 1. The summed E-state index contributed by atoms with van der Waals surface area (Å²) in [6.45, 7) is 2.60. The van der Waals surface area contributed by atoms with Crippen LogP contribution in [0.25, 0.3) is 0 Å². The van der Waals surface area contributed by atoms with Crippen LogP contribution in [0.1, 0.15) is 28.3 Å². The fraction of sp³-hybridized carbons (Fsp3) is 0.174. The first kappa shape index (κ1) is 17.3. The lowest BCUT2D eigenvalue weighted by Crippen LogP contribution is -2.43. The predicted molar refractivity (Wildman–Crippen MR) is 105 cm³/mol. The van der Waals surface area contributed by atoms with Crippen LogP contribution in [0, 0.1) is 12.7 Å². The molecule has 1 heterocycles. The molecule has 1 aliphatic heterocycles. The van der Waals surface area contributed by atoms with Gasteiger partial charge < -0.3 is 10.2 Å². The Kier molecular flexibility index (Phi) is 4.63. The molecule has 2 amide bonds. The number of anilines is 1. The molecule has 1 aliphatic rings. The summed E-state index contributed by atoms with van der Waals surface area (Å²) in [6.07, 6.45) is 0.801. The second kappa shape index (κ2) is 7.23. The van der Waals surface area contributed by atoms with Crippen molar-refractivity contribution < 1.29 is 9.18 Å². The minimum Gasteiger partial charge on any atom is -0.313 e. The number of carbonyl (C=O) groups is 1. The summed E-state index contributed by atoms with van der Waals surface area (Å²) in [5.74, 6) is -0.279. The van der Waals surface area contributed by atoms with Gasteiger partial charge in [-0.05, 0) is 59.9 Å². The van der Waals surface area contributed by atoms with Crippen molar-refractivity contribution in [3.05, 3.63) is 101 Å². The summed E-state index contributed by atoms with van der Waals surface area (Å²) >= 11 is 0. The van der Waals surface area contributed by atoms with E-state index >= 15 is 0 Å². The number of hydrogen-bond acceptors (Lipinski definition) is 1. The second-order valence-corrected chi connectivity index (χ2v) is 6.90. The molecule has 0 spiro atoms. The standard InChI is InChI=1S/C23H21FN2O/c1-16-5-4-7-20(15-16)25-23(27)26-14-13-17-6-2-3-8-21(17)22(26)18-9-11-19(24)12-10-18/h2-12,15,22H,13-14H2,1H3,(H,25,27)/t22-/m1/s1. The van der Waals surface area contributed by atoms with E-state index in [2.05, 4.69) is 17.4 Å². The molecule has 0 saturated carbocycles. The highest BCUT2D eigenvalue weighted by molar-refractivity contribution is 5.90. The molecule has 3 aromatic carbocycles. The third kappa shape index (κ3) is 3.56. The zero-order valence-electron chi connectivity index (χ0n) is 15.2. The maximum Gasteiger partial charge on any atom is 0.322 e. The van der Waals surface area contributed by atoms with E-state index < -0.39 is 0 Å². The third-order valence-electron chi connectivity index (χ3n) is 5.00. The summed E-state index contributed by atoms with van der Waals surface area (Å²) in [6, 6.07) is 21.9. The SMILES string of the molecule is Cc1cccc(NC(=O)N2CCc3ccccc3[C@H]2c2ccc(F)cc2)c1. The number of nitrogens with zero attached hydrogens (tertiary/aromatic N) is 1. The molecular weight excluding hydrogens is 339 g/mol. The number of amides is 2. The van der Waals surface area contributed by atoms with Crippen LogP contribution in [0.3, 0.4) is 0 Å². The van der Waals surface area contributed by atoms with Crippen LogP contribution in [0.4, 0.5) is 14.9 Å². The zero-order valence-corrected chi connectivity index (χ0v) is 15.2. The van der Waals surface area contributed by atoms with Gasteiger partial charge in [0.25, 0.3) is 0 Å². The quantitative estimate of drug-likeness (QED) is 0.660. The van der Waals surface area contributed by atoms with E-state index in [1.807, 2.05) is 48.2 Å². The molecule has 27 heavy (non-hydrogen) atoms. The van der Waals surface area contributed by atoms with Crippen molar-refractivity contribution in [1.29, 1.82) is 0 Å². The fourth-order valence-electron chi connectivity index (χ4n) is 3.71. The fourth-order valence-corrected chi connectivity index (χ4v) is 3.71. The highest BCUT2D eigenvalue weighted by Crippen LogP contribution is 2.35. The molecule has 0 bridgehead atoms. The Balaban J connectivity index is 1.70. The number of carbonyl (C=O) groups excluding carboxylic acids is 1. The summed E-state index contributed by atoms with van der Waals surface area (Å²) < 4.78 is 13.4. The lowest BCUT2D eigenvalue weighted by molar-refractivity contribution is 0.194. The summed E-state index contributed by atoms with van der Waals surface area (Å²) in [7, 11) is 0. The van der Waals surface area contributed by atoms with Gasteiger partial charge in [0.05, 0.1) is 6.04 Å². The normalized spacial score (nSPS) is 15.9. The van der Waals surface area contributed by atoms with Crippen LogP contribution >= 0.6 is 0 Å². The van der Waals surface area contributed by atoms with Crippen molar-refractivity contribution in [2.75, 3.05) is 11.9 Å². The van der Waals surface area contributed by atoms with Gasteiger partial charge in [0.1, 0.15) is 5.82 Å². The Bertz CT molecular complexity index is 968. The molecule has 0 aliphatic carbocycles. The van der Waals surface area contributed by atoms with E-state index in [-0.39, 0.29) is 17.9 Å². The maximum absolute atomic E-state index is 13.4. The highest BCUT2D eigenvalue weighted by Gasteiger charge is 2.32. The van der Waals surface area contributed by atoms with E-state index in [4.69, 9.17) is 0 Å². The van der Waals surface area contributed by atoms with Crippen molar-refractivity contribution >= 4 is 11.7 Å². The molecule has 0 aromatic heterocycles. The van der Waals surface area contributed by atoms with Gasteiger partial charge in [-0.15, -0.1) is 0 Å². The van der Waals surface area contributed by atoms with Crippen molar-refractivity contribution in [3.8, 4) is 0 Å². The van der Waals surface area contributed by atoms with Gasteiger partial charge in [-0.3, -0.25) is 0 Å². The second-order valence-electron chi connectivity index (χ2n) is 6.90. The van der Waals surface area contributed by atoms with Gasteiger partial charge in [-0.25, -0.2) is 9.18 Å². The first-order valence-electron chi connectivity index (χ1n) is 9.09. The van der Waals surface area contributed by atoms with Crippen molar-refractivity contribution in [2.24, 2.45) is 0 Å². The lowest BCUT2D eigenvalue weighted by Gasteiger charge is -2.37. The summed E-state index contributed by atoms with van der Waals surface area (Å²) in [5, 5.41) is 3.01. The van der Waals surface area contributed by atoms with Gasteiger partial charge in [-0.2, -0.15) is 0 Å². The summed E-state index contributed by atoms with van der Waals surface area (Å²) in [4.78, 5) is 14.9. The number of benzene rings is 3. The van der Waals surface area contributed by atoms with Crippen LogP contribution in [0.5, 0.6) is 0 Å². The highest BCUT2D eigenvalue weighted by atomic mass is 19.1. The van der Waals surface area contributed by atoms with Crippen LogP contribution in [-0.2, 0) is 6.42 Å². The number of hydrogen-bond donors (Lipinski definition) is 1. The van der Waals surface area contributed by atoms with E-state index in [1.54, 1.807) is 12.1 Å². The van der Waals surface area contributed by atoms with Crippen LogP contribution < -0.4 is 5.32 Å². The monoisotopic (exact) mass is 360 g/mol. The molecule has 3 nitrogen and oxygen atoms in total. The molecule has 3 aromatic rings. The van der Waals surface area contributed by atoms with Crippen molar-refractivity contribution in [1.82, 2.24) is 4.90 Å². The minimum atomic E-state index is -0.279. The molecule has 0 radical (unpaired) electrons. The minimum absolute atomic E-state index is 0.149. The molecule has 4 heteroatoms. The number of aryl methyl sites for hydroxylation is 1. The van der Waals surface area contributed by atoms with E-state index in [0.717, 1.165) is 28.8 Å². The van der Waals surface area contributed by atoms with Gasteiger partial charge in [-0.1, -0.05) is 48.5 Å². The summed E-state index contributed by atoms with van der Waals surface area (Å²) in [5.41, 5.74) is 5.09. The Hall–Kier alpha value is -3.14. The Morgan fingerprint density at radius 3 is 2.59 bits per heavy atom. The van der Waals surface area contributed by atoms with Gasteiger partial charge in [0, 0.05) is 12.2 Å². The van der Waals surface area contributed by atoms with Gasteiger partial charge in [0.2, 0.25) is 0 Å². The van der Waals surface area contributed by atoms with E-state index in [9.17, 15) is 9.18 Å². The van der Waals surface area contributed by atoms with Crippen molar-refractivity contribution in [2.45, 2.75) is 19.4 Å². The molecule has 136 valence electrons. The maximum atomic E-state index is 13.4. The molecular formula is C23H21FN2O. The Labute approximate surface area is 158 Å². The third-order valence-corrected chi connectivity index (χ3v) is 5.00. The smallest absolute Gasteiger partial charge is 0.313 e. The van der Waals surface area contributed by atoms with Gasteiger partial charge in [0.15, 0.2) is 0 Å². The number of halogens is 1. The average molecular weight is 360 g/mol. The predicted octanol–water partition coefficient (Wildman–Crippen LogP) is 5.31.